The normalized spacial score (nSPS) is 16.1. The maximum Gasteiger partial charge on any atom is 0.246 e. The number of amides is 1. The second kappa shape index (κ2) is 7.58. The summed E-state index contributed by atoms with van der Waals surface area (Å²) >= 11 is 0. The number of benzene rings is 1. The van der Waals surface area contributed by atoms with E-state index in [0.29, 0.717) is 25.2 Å². The van der Waals surface area contributed by atoms with E-state index in [1.54, 1.807) is 35.3 Å². The number of aliphatic hydroxyl groups is 1. The lowest BCUT2D eigenvalue weighted by Gasteiger charge is -2.33. The monoisotopic (exact) mass is 285 g/mol. The molecule has 0 spiro atoms. The quantitative estimate of drug-likeness (QED) is 0.827. The summed E-state index contributed by atoms with van der Waals surface area (Å²) in [6, 6.07) is 9.24. The second-order valence-electron chi connectivity index (χ2n) is 4.96. The summed E-state index contributed by atoms with van der Waals surface area (Å²) in [6.45, 7) is 3.78. The van der Waals surface area contributed by atoms with Crippen molar-refractivity contribution < 1.29 is 9.90 Å². The van der Waals surface area contributed by atoms with Gasteiger partial charge >= 0.3 is 0 Å². The molecule has 1 saturated heterocycles. The van der Waals surface area contributed by atoms with Crippen molar-refractivity contribution in [1.82, 2.24) is 9.80 Å². The fourth-order valence-electron chi connectivity index (χ4n) is 2.32. The molecular formula is C16H19N3O2. The highest BCUT2D eigenvalue weighted by molar-refractivity contribution is 5.91. The molecule has 2 rings (SSSR count). The molecule has 0 radical (unpaired) electrons. The zero-order chi connectivity index (χ0) is 15.1. The van der Waals surface area contributed by atoms with Crippen molar-refractivity contribution in [3.8, 4) is 6.07 Å². The van der Waals surface area contributed by atoms with Crippen LogP contribution in [0.1, 0.15) is 11.1 Å². The van der Waals surface area contributed by atoms with E-state index in [0.717, 1.165) is 18.7 Å². The number of aliphatic hydroxyl groups excluding tert-OH is 1. The maximum atomic E-state index is 12.1. The molecule has 0 bridgehead atoms. The number of nitrogens with zero attached hydrogens (tertiary/aromatic N) is 3. The van der Waals surface area contributed by atoms with Gasteiger partial charge in [-0.15, -0.1) is 0 Å². The zero-order valence-corrected chi connectivity index (χ0v) is 11.9. The molecule has 1 amide bonds. The van der Waals surface area contributed by atoms with Crippen LogP contribution in [0.5, 0.6) is 0 Å². The van der Waals surface area contributed by atoms with Crippen molar-refractivity contribution in [3.05, 3.63) is 41.5 Å². The molecule has 0 unspecified atom stereocenters. The van der Waals surface area contributed by atoms with Crippen molar-refractivity contribution in [1.29, 1.82) is 5.26 Å². The molecule has 5 nitrogen and oxygen atoms in total. The maximum absolute atomic E-state index is 12.1. The Morgan fingerprint density at radius 1 is 1.33 bits per heavy atom. The van der Waals surface area contributed by atoms with Crippen molar-refractivity contribution in [2.75, 3.05) is 39.3 Å². The fourth-order valence-corrected chi connectivity index (χ4v) is 2.32. The van der Waals surface area contributed by atoms with E-state index < -0.39 is 0 Å². The summed E-state index contributed by atoms with van der Waals surface area (Å²) in [5, 5.41) is 17.7. The third-order valence-corrected chi connectivity index (χ3v) is 3.53. The highest BCUT2D eigenvalue weighted by Crippen LogP contribution is 2.08. The third-order valence-electron chi connectivity index (χ3n) is 3.53. The number of nitriles is 1. The summed E-state index contributed by atoms with van der Waals surface area (Å²) in [5.41, 5.74) is 1.43. The van der Waals surface area contributed by atoms with Crippen LogP contribution in [0, 0.1) is 11.3 Å². The van der Waals surface area contributed by atoms with Crippen LogP contribution >= 0.6 is 0 Å². The summed E-state index contributed by atoms with van der Waals surface area (Å²) in [5.74, 6) is -0.0130. The van der Waals surface area contributed by atoms with Crippen molar-refractivity contribution in [2.24, 2.45) is 0 Å². The Hall–Kier alpha value is -2.16. The van der Waals surface area contributed by atoms with Crippen LogP contribution in [0.2, 0.25) is 0 Å². The predicted octanol–water partition coefficient (Wildman–Crippen LogP) is 0.708. The van der Waals surface area contributed by atoms with Crippen molar-refractivity contribution in [2.45, 2.75) is 0 Å². The topological polar surface area (TPSA) is 67.6 Å². The first kappa shape index (κ1) is 15.2. The van der Waals surface area contributed by atoms with Gasteiger partial charge in [-0.3, -0.25) is 9.69 Å². The first-order valence-corrected chi connectivity index (χ1v) is 7.03. The third kappa shape index (κ3) is 4.42. The Morgan fingerprint density at radius 3 is 2.76 bits per heavy atom. The van der Waals surface area contributed by atoms with Gasteiger partial charge in [-0.05, 0) is 23.8 Å². The number of rotatable bonds is 4. The molecule has 110 valence electrons. The molecule has 1 heterocycles. The Kier molecular flexibility index (Phi) is 5.50. The standard InChI is InChI=1S/C16H19N3O2/c17-13-15-3-1-2-14(12-15)4-5-16(21)19-8-6-18(7-9-19)10-11-20/h1-5,12,20H,6-11H2/b5-4+. The predicted molar refractivity (Wildman–Crippen MR) is 80.3 cm³/mol. The van der Waals surface area contributed by atoms with E-state index in [9.17, 15) is 4.79 Å². The number of piperazine rings is 1. The molecule has 1 N–H and O–H groups in total. The smallest absolute Gasteiger partial charge is 0.246 e. The summed E-state index contributed by atoms with van der Waals surface area (Å²) < 4.78 is 0. The Bertz CT molecular complexity index is 555. The number of hydrogen-bond acceptors (Lipinski definition) is 4. The van der Waals surface area contributed by atoms with E-state index in [1.807, 2.05) is 6.07 Å². The van der Waals surface area contributed by atoms with Gasteiger partial charge in [0.2, 0.25) is 5.91 Å². The summed E-state index contributed by atoms with van der Waals surface area (Å²) in [7, 11) is 0. The lowest BCUT2D eigenvalue weighted by atomic mass is 10.1. The molecule has 0 atom stereocenters. The minimum Gasteiger partial charge on any atom is -0.395 e. The molecule has 1 aromatic carbocycles. The van der Waals surface area contributed by atoms with Gasteiger partial charge in [0, 0.05) is 38.8 Å². The molecule has 0 aromatic heterocycles. The zero-order valence-electron chi connectivity index (χ0n) is 11.9. The highest BCUT2D eigenvalue weighted by Gasteiger charge is 2.18. The second-order valence-corrected chi connectivity index (χ2v) is 4.96. The van der Waals surface area contributed by atoms with Crippen molar-refractivity contribution in [3.63, 3.8) is 0 Å². The fraction of sp³-hybridized carbons (Fsp3) is 0.375. The molecule has 1 aliphatic rings. The molecule has 5 heteroatoms. The molecule has 21 heavy (non-hydrogen) atoms. The van der Waals surface area contributed by atoms with Crippen molar-refractivity contribution >= 4 is 12.0 Å². The lowest BCUT2D eigenvalue weighted by Crippen LogP contribution is -2.48. The van der Waals surface area contributed by atoms with Crippen LogP contribution in [0.25, 0.3) is 6.08 Å². The minimum absolute atomic E-state index is 0.0130. The molecule has 0 saturated carbocycles. The van der Waals surface area contributed by atoms with Gasteiger partial charge in [0.15, 0.2) is 0 Å². The minimum atomic E-state index is -0.0130. The van der Waals surface area contributed by atoms with Gasteiger partial charge < -0.3 is 10.0 Å². The number of carbonyl (C=O) groups excluding carboxylic acids is 1. The van der Waals surface area contributed by atoms with E-state index >= 15 is 0 Å². The van der Waals surface area contributed by atoms with Crippen LogP contribution in [-0.2, 0) is 4.79 Å². The average molecular weight is 285 g/mol. The molecule has 1 aromatic rings. The van der Waals surface area contributed by atoms with Gasteiger partial charge in [0.1, 0.15) is 0 Å². The Balaban J connectivity index is 1.90. The van der Waals surface area contributed by atoms with Crippen LogP contribution in [0.4, 0.5) is 0 Å². The first-order valence-electron chi connectivity index (χ1n) is 7.03. The van der Waals surface area contributed by atoms with Crippen LogP contribution in [-0.4, -0.2) is 60.1 Å². The van der Waals surface area contributed by atoms with E-state index in [-0.39, 0.29) is 12.5 Å². The number of β-amino-alcohol motifs (C(OH)–C–C–N with tert-alkyl or cyclic N) is 1. The largest absolute Gasteiger partial charge is 0.395 e. The first-order chi connectivity index (χ1) is 10.2. The number of carbonyl (C=O) groups is 1. The van der Waals surface area contributed by atoms with Gasteiger partial charge in [-0.25, -0.2) is 0 Å². The van der Waals surface area contributed by atoms with Gasteiger partial charge in [0.25, 0.3) is 0 Å². The number of hydrogen-bond donors (Lipinski definition) is 1. The Labute approximate surface area is 124 Å². The summed E-state index contributed by atoms with van der Waals surface area (Å²) in [4.78, 5) is 16.0. The van der Waals surface area contributed by atoms with Crippen LogP contribution in [0.3, 0.4) is 0 Å². The molecular weight excluding hydrogens is 266 g/mol. The molecule has 1 fully saturated rings. The van der Waals surface area contributed by atoms with E-state index in [1.165, 1.54) is 0 Å². The lowest BCUT2D eigenvalue weighted by molar-refractivity contribution is -0.127. The van der Waals surface area contributed by atoms with Gasteiger partial charge in [-0.1, -0.05) is 12.1 Å². The highest BCUT2D eigenvalue weighted by atomic mass is 16.3. The summed E-state index contributed by atoms with van der Waals surface area (Å²) in [6.07, 6.45) is 3.29. The Morgan fingerprint density at radius 2 is 2.10 bits per heavy atom. The van der Waals surface area contributed by atoms with Gasteiger partial charge in [-0.2, -0.15) is 5.26 Å². The van der Waals surface area contributed by atoms with E-state index in [4.69, 9.17) is 10.4 Å². The molecule has 1 aliphatic heterocycles. The SMILES string of the molecule is N#Cc1cccc(/C=C/C(=O)N2CCN(CCO)CC2)c1. The molecule has 0 aliphatic carbocycles. The average Bonchev–Trinajstić information content (AvgIpc) is 2.54. The van der Waals surface area contributed by atoms with Gasteiger partial charge in [0.05, 0.1) is 18.2 Å². The van der Waals surface area contributed by atoms with Crippen LogP contribution in [0.15, 0.2) is 30.3 Å². The van der Waals surface area contributed by atoms with E-state index in [2.05, 4.69) is 11.0 Å². The van der Waals surface area contributed by atoms with Crippen LogP contribution < -0.4 is 0 Å².